The number of hydrogen-bond donors (Lipinski definition) is 1. The first-order valence-corrected chi connectivity index (χ1v) is 11.2. The molecule has 0 spiro atoms. The molecule has 1 aliphatic heterocycles. The number of nitrogens with zero attached hydrogens (tertiary/aromatic N) is 3. The van der Waals surface area contributed by atoms with Crippen LogP contribution in [0.5, 0.6) is 0 Å². The highest BCUT2D eigenvalue weighted by Gasteiger charge is 2.39. The summed E-state index contributed by atoms with van der Waals surface area (Å²) < 4.78 is 25.5. The Morgan fingerprint density at radius 2 is 1.91 bits per heavy atom. The van der Waals surface area contributed by atoms with E-state index in [1.165, 1.54) is 17.2 Å². The topological polar surface area (TPSA) is 92.6 Å². The molecule has 0 atom stereocenters. The number of carboxylic acids is 1. The summed E-state index contributed by atoms with van der Waals surface area (Å²) in [7, 11) is 0. The summed E-state index contributed by atoms with van der Waals surface area (Å²) in [5.74, 6) is -0.833. The molecule has 1 fully saturated rings. The Bertz CT molecular complexity index is 1390. The van der Waals surface area contributed by atoms with E-state index in [1.54, 1.807) is 24.7 Å². The second-order valence-corrected chi connectivity index (χ2v) is 9.13. The minimum Gasteiger partial charge on any atom is -0.481 e. The summed E-state index contributed by atoms with van der Waals surface area (Å²) in [5, 5.41) is 13.2. The molecule has 0 unspecified atom stereocenters. The predicted molar refractivity (Wildman–Crippen MR) is 121 cm³/mol. The number of benzene rings is 2. The molecule has 0 bridgehead atoms. The van der Waals surface area contributed by atoms with Crippen LogP contribution in [0, 0.1) is 18.7 Å². The zero-order valence-electron chi connectivity index (χ0n) is 18.5. The Morgan fingerprint density at radius 3 is 2.68 bits per heavy atom. The number of aliphatic carboxylic acids is 1. The van der Waals surface area contributed by atoms with Crippen molar-refractivity contribution in [1.29, 1.82) is 0 Å². The molecule has 7 nitrogen and oxygen atoms in total. The Labute approximate surface area is 194 Å². The van der Waals surface area contributed by atoms with Gasteiger partial charge in [-0.15, -0.1) is 0 Å². The highest BCUT2D eigenvalue weighted by molar-refractivity contribution is 5.72. The van der Waals surface area contributed by atoms with Crippen molar-refractivity contribution in [2.75, 3.05) is 0 Å². The van der Waals surface area contributed by atoms with Gasteiger partial charge in [0.25, 0.3) is 5.89 Å². The molecule has 172 valence electrons. The lowest BCUT2D eigenvalue weighted by molar-refractivity contribution is -0.147. The molecule has 2 aromatic heterocycles. The van der Waals surface area contributed by atoms with Crippen molar-refractivity contribution in [3.63, 3.8) is 0 Å². The van der Waals surface area contributed by atoms with Crippen LogP contribution in [-0.4, -0.2) is 32.2 Å². The van der Waals surface area contributed by atoms with Gasteiger partial charge < -0.3 is 14.0 Å². The van der Waals surface area contributed by atoms with E-state index in [4.69, 9.17) is 14.0 Å². The van der Waals surface area contributed by atoms with Gasteiger partial charge in [0.2, 0.25) is 5.82 Å². The number of carbonyl (C=O) groups is 1. The third-order valence-electron chi connectivity index (χ3n) is 6.99. The quantitative estimate of drug-likeness (QED) is 0.433. The molecule has 2 aromatic carbocycles. The van der Waals surface area contributed by atoms with Crippen LogP contribution in [-0.2, 0) is 17.9 Å². The molecule has 2 aliphatic rings. The largest absolute Gasteiger partial charge is 0.481 e. The molecular formula is C26H22FN3O4. The van der Waals surface area contributed by atoms with Crippen LogP contribution in [0.15, 0.2) is 57.9 Å². The molecular weight excluding hydrogens is 437 g/mol. The highest BCUT2D eigenvalue weighted by atomic mass is 19.1. The van der Waals surface area contributed by atoms with Crippen molar-refractivity contribution in [1.82, 2.24) is 15.0 Å². The molecule has 1 saturated carbocycles. The average molecular weight is 459 g/mol. The molecule has 1 aliphatic carbocycles. The molecule has 0 radical (unpaired) electrons. The van der Waals surface area contributed by atoms with E-state index in [1.807, 2.05) is 19.1 Å². The van der Waals surface area contributed by atoms with Crippen LogP contribution in [0.3, 0.4) is 0 Å². The van der Waals surface area contributed by atoms with Gasteiger partial charge in [0.05, 0.1) is 24.0 Å². The number of fused-ring (bicyclic) bond motifs is 1. The minimum absolute atomic E-state index is 0.130. The molecule has 4 aromatic rings. The molecule has 1 N–H and O–H groups in total. The molecule has 8 heteroatoms. The van der Waals surface area contributed by atoms with Crippen LogP contribution in [0.4, 0.5) is 4.39 Å². The number of aromatic nitrogens is 2. The van der Waals surface area contributed by atoms with E-state index in [-0.39, 0.29) is 17.4 Å². The molecule has 3 heterocycles. The monoisotopic (exact) mass is 459 g/mol. The van der Waals surface area contributed by atoms with Gasteiger partial charge >= 0.3 is 5.97 Å². The van der Waals surface area contributed by atoms with Gasteiger partial charge in [-0.05, 0) is 66.3 Å². The Balaban J connectivity index is 1.22. The third kappa shape index (κ3) is 3.51. The summed E-state index contributed by atoms with van der Waals surface area (Å²) in [6.45, 7) is 3.49. The first kappa shape index (κ1) is 20.8. The van der Waals surface area contributed by atoms with Gasteiger partial charge in [0.1, 0.15) is 5.82 Å². The van der Waals surface area contributed by atoms with Gasteiger partial charge in [0.15, 0.2) is 0 Å². The lowest BCUT2D eigenvalue weighted by Crippen LogP contribution is -2.44. The van der Waals surface area contributed by atoms with Crippen molar-refractivity contribution in [3.05, 3.63) is 71.4 Å². The second kappa shape index (κ2) is 7.92. The summed E-state index contributed by atoms with van der Waals surface area (Å²) >= 11 is 0. The zero-order chi connectivity index (χ0) is 23.4. The van der Waals surface area contributed by atoms with Crippen molar-refractivity contribution < 1.29 is 23.2 Å². The van der Waals surface area contributed by atoms with Gasteiger partial charge in [-0.2, -0.15) is 4.98 Å². The van der Waals surface area contributed by atoms with E-state index in [2.05, 4.69) is 21.1 Å². The number of aryl methyl sites for hydroxylation is 1. The molecule has 0 amide bonds. The van der Waals surface area contributed by atoms with Crippen LogP contribution < -0.4 is 0 Å². The van der Waals surface area contributed by atoms with Gasteiger partial charge in [-0.3, -0.25) is 9.69 Å². The Morgan fingerprint density at radius 1 is 1.09 bits per heavy atom. The highest BCUT2D eigenvalue weighted by Crippen LogP contribution is 2.38. The number of carboxylic acid groups (broad SMARTS) is 1. The molecule has 34 heavy (non-hydrogen) atoms. The fourth-order valence-electron chi connectivity index (χ4n) is 4.93. The lowest BCUT2D eigenvalue weighted by Gasteiger charge is -2.39. The van der Waals surface area contributed by atoms with Crippen LogP contribution in [0.25, 0.3) is 34.0 Å². The first-order chi connectivity index (χ1) is 16.5. The predicted octanol–water partition coefficient (Wildman–Crippen LogP) is 5.29. The first-order valence-electron chi connectivity index (χ1n) is 11.2. The second-order valence-electron chi connectivity index (χ2n) is 9.13. The Kier molecular flexibility index (Phi) is 4.84. The summed E-state index contributed by atoms with van der Waals surface area (Å²) in [6, 6.07) is 11.3. The fraction of sp³-hybridized carbons (Fsp3) is 0.269. The summed E-state index contributed by atoms with van der Waals surface area (Å²) in [5.41, 5.74) is 5.89. The van der Waals surface area contributed by atoms with Gasteiger partial charge in [0, 0.05) is 30.3 Å². The Hall–Kier alpha value is -3.78. The zero-order valence-corrected chi connectivity index (χ0v) is 18.5. The molecule has 6 rings (SSSR count). The van der Waals surface area contributed by atoms with Crippen molar-refractivity contribution in [2.24, 2.45) is 5.92 Å². The number of furan rings is 1. The number of halogens is 1. The summed E-state index contributed by atoms with van der Waals surface area (Å²) in [6.07, 6.45) is 4.54. The minimum atomic E-state index is -0.703. The van der Waals surface area contributed by atoms with E-state index >= 15 is 0 Å². The maximum absolute atomic E-state index is 14.9. The van der Waals surface area contributed by atoms with E-state index in [0.717, 1.165) is 35.3 Å². The standard InChI is InChI=1S/C26H22FN3O4/c1-14-6-22(23(27)10-21(14)17-4-5-33-13-17)25-28-24(29-34-25)15-2-3-16-11-30(12-19(16)7-15)20-8-18(9-20)26(31)32/h2-7,10,13,18,20H,8-9,11-12H2,1H3,(H,31,32). The normalized spacial score (nSPS) is 19.7. The maximum Gasteiger partial charge on any atom is 0.306 e. The van der Waals surface area contributed by atoms with Gasteiger partial charge in [-0.1, -0.05) is 17.3 Å². The van der Waals surface area contributed by atoms with E-state index in [0.29, 0.717) is 24.7 Å². The number of rotatable bonds is 5. The number of hydrogen-bond acceptors (Lipinski definition) is 6. The smallest absolute Gasteiger partial charge is 0.306 e. The van der Waals surface area contributed by atoms with E-state index in [9.17, 15) is 9.18 Å². The summed E-state index contributed by atoms with van der Waals surface area (Å²) in [4.78, 5) is 17.9. The third-order valence-corrected chi connectivity index (χ3v) is 6.99. The van der Waals surface area contributed by atoms with E-state index < -0.39 is 11.8 Å². The van der Waals surface area contributed by atoms with Gasteiger partial charge in [-0.25, -0.2) is 4.39 Å². The van der Waals surface area contributed by atoms with Crippen molar-refractivity contribution in [3.8, 4) is 34.0 Å². The lowest BCUT2D eigenvalue weighted by atomic mass is 9.79. The van der Waals surface area contributed by atoms with Crippen LogP contribution in [0.1, 0.15) is 29.5 Å². The van der Waals surface area contributed by atoms with Crippen LogP contribution in [0.2, 0.25) is 0 Å². The van der Waals surface area contributed by atoms with Crippen LogP contribution >= 0.6 is 0 Å². The SMILES string of the molecule is Cc1cc(-c2nc(-c3ccc4c(c3)CN(C3CC(C(=O)O)C3)C4)no2)c(F)cc1-c1ccoc1. The maximum atomic E-state index is 14.9. The fourth-order valence-corrected chi connectivity index (χ4v) is 4.93. The molecule has 0 saturated heterocycles. The average Bonchev–Trinajstić information content (AvgIpc) is 3.53. The van der Waals surface area contributed by atoms with Crippen molar-refractivity contribution in [2.45, 2.75) is 38.9 Å². The van der Waals surface area contributed by atoms with Crippen molar-refractivity contribution >= 4 is 5.97 Å².